The van der Waals surface area contributed by atoms with Crippen LogP contribution in [0.4, 0.5) is 0 Å². The van der Waals surface area contributed by atoms with Crippen LogP contribution in [0.1, 0.15) is 59.7 Å². The van der Waals surface area contributed by atoms with Crippen molar-refractivity contribution in [2.24, 2.45) is 0 Å². The molecule has 0 saturated heterocycles. The molecular formula is C20H21ClN2O3. The molecule has 1 N–H and O–H groups in total. The van der Waals surface area contributed by atoms with Crippen molar-refractivity contribution in [2.75, 3.05) is 0 Å². The van der Waals surface area contributed by atoms with Crippen molar-refractivity contribution >= 4 is 17.4 Å². The molecule has 0 bridgehead atoms. The van der Waals surface area contributed by atoms with E-state index in [1.807, 2.05) is 6.07 Å². The fraction of sp³-hybridized carbons (Fsp3) is 0.350. The number of carbonyl (C=O) groups excluding carboxylic acids is 1. The molecule has 0 saturated carbocycles. The zero-order valence-electron chi connectivity index (χ0n) is 14.9. The maximum Gasteiger partial charge on any atom is 0.271 e. The Morgan fingerprint density at radius 3 is 2.46 bits per heavy atom. The minimum absolute atomic E-state index is 0.0148. The normalized spacial score (nSPS) is 10.5. The molecule has 0 radical (unpaired) electrons. The predicted octanol–water partition coefficient (Wildman–Crippen LogP) is 4.20. The lowest BCUT2D eigenvalue weighted by Crippen LogP contribution is -2.27. The second-order valence-electron chi connectivity index (χ2n) is 6.16. The summed E-state index contributed by atoms with van der Waals surface area (Å²) in [4.78, 5) is 25.4. The third kappa shape index (κ3) is 3.97. The van der Waals surface area contributed by atoms with Crippen LogP contribution in [0.3, 0.4) is 0 Å². The highest BCUT2D eigenvalue weighted by Gasteiger charge is 2.24. The number of hydrogen-bond donors (Lipinski definition) is 1. The summed E-state index contributed by atoms with van der Waals surface area (Å²) in [7, 11) is 0. The summed E-state index contributed by atoms with van der Waals surface area (Å²) in [5.74, 6) is -0.835. The number of nitriles is 1. The molecule has 0 aliphatic rings. The van der Waals surface area contributed by atoms with Crippen molar-refractivity contribution in [1.29, 1.82) is 5.26 Å². The Morgan fingerprint density at radius 2 is 1.88 bits per heavy atom. The number of nitrogens with zero attached hydrogens (tertiary/aromatic N) is 2. The monoisotopic (exact) mass is 372 g/mol. The predicted molar refractivity (Wildman–Crippen MR) is 101 cm³/mol. The molecule has 5 nitrogen and oxygen atoms in total. The van der Waals surface area contributed by atoms with Crippen LogP contribution in [0.2, 0.25) is 5.02 Å². The van der Waals surface area contributed by atoms with E-state index in [1.54, 1.807) is 24.3 Å². The highest BCUT2D eigenvalue weighted by atomic mass is 35.5. The van der Waals surface area contributed by atoms with E-state index in [-0.39, 0.29) is 29.1 Å². The van der Waals surface area contributed by atoms with E-state index in [1.165, 1.54) is 6.92 Å². The molecule has 0 aliphatic carbocycles. The fourth-order valence-electron chi connectivity index (χ4n) is 2.87. The Bertz CT molecular complexity index is 909. The first-order valence-electron chi connectivity index (χ1n) is 8.59. The van der Waals surface area contributed by atoms with Crippen LogP contribution in [0.25, 0.3) is 0 Å². The Kier molecular flexibility index (Phi) is 6.59. The molecule has 2 rings (SSSR count). The quantitative estimate of drug-likeness (QED) is 0.583. The van der Waals surface area contributed by atoms with Crippen molar-refractivity contribution in [1.82, 2.24) is 4.57 Å². The van der Waals surface area contributed by atoms with Gasteiger partial charge in [0.05, 0.1) is 5.56 Å². The van der Waals surface area contributed by atoms with Crippen molar-refractivity contribution in [3.8, 4) is 11.9 Å². The second-order valence-corrected chi connectivity index (χ2v) is 6.60. The molecule has 2 aromatic rings. The van der Waals surface area contributed by atoms with Gasteiger partial charge in [-0.25, -0.2) is 0 Å². The zero-order valence-corrected chi connectivity index (χ0v) is 15.6. The van der Waals surface area contributed by atoms with Gasteiger partial charge < -0.3 is 5.11 Å². The van der Waals surface area contributed by atoms with Gasteiger partial charge in [0, 0.05) is 17.1 Å². The maximum atomic E-state index is 12.9. The summed E-state index contributed by atoms with van der Waals surface area (Å²) in [6.45, 7) is 3.84. The lowest BCUT2D eigenvalue weighted by molar-refractivity contribution is 0.103. The number of halogens is 1. The van der Waals surface area contributed by atoms with E-state index < -0.39 is 11.3 Å². The third-order valence-electron chi connectivity index (χ3n) is 4.37. The Balaban J connectivity index is 2.54. The van der Waals surface area contributed by atoms with E-state index in [0.29, 0.717) is 17.0 Å². The molecule has 0 atom stereocenters. The number of benzene rings is 1. The molecule has 1 heterocycles. The summed E-state index contributed by atoms with van der Waals surface area (Å²) in [5, 5.41) is 20.5. The van der Waals surface area contributed by atoms with Gasteiger partial charge >= 0.3 is 0 Å². The molecule has 26 heavy (non-hydrogen) atoms. The van der Waals surface area contributed by atoms with Gasteiger partial charge in [0.1, 0.15) is 11.6 Å². The number of ketones is 1. The number of aromatic nitrogens is 1. The highest BCUT2D eigenvalue weighted by Crippen LogP contribution is 2.26. The van der Waals surface area contributed by atoms with Crippen LogP contribution in [-0.2, 0) is 6.54 Å². The average Bonchev–Trinajstić information content (AvgIpc) is 2.62. The van der Waals surface area contributed by atoms with Crippen LogP contribution in [-0.4, -0.2) is 15.5 Å². The van der Waals surface area contributed by atoms with Crippen molar-refractivity contribution in [2.45, 2.75) is 46.1 Å². The third-order valence-corrected chi connectivity index (χ3v) is 4.62. The van der Waals surface area contributed by atoms with Crippen LogP contribution >= 0.6 is 11.6 Å². The summed E-state index contributed by atoms with van der Waals surface area (Å²) in [5.41, 5.74) is -0.172. The number of unbranched alkanes of at least 4 members (excludes halogenated alkanes) is 3. The molecule has 0 unspecified atom stereocenters. The topological polar surface area (TPSA) is 83.1 Å². The average molecular weight is 373 g/mol. The first-order chi connectivity index (χ1) is 12.4. The highest BCUT2D eigenvalue weighted by molar-refractivity contribution is 6.30. The lowest BCUT2D eigenvalue weighted by atomic mass is 9.97. The Labute approximate surface area is 157 Å². The van der Waals surface area contributed by atoms with Crippen molar-refractivity contribution < 1.29 is 9.90 Å². The molecule has 0 spiro atoms. The maximum absolute atomic E-state index is 12.9. The molecule has 1 aromatic carbocycles. The largest absolute Gasteiger partial charge is 0.494 e. The van der Waals surface area contributed by atoms with Gasteiger partial charge in [-0.15, -0.1) is 0 Å². The second kappa shape index (κ2) is 8.68. The van der Waals surface area contributed by atoms with Crippen LogP contribution < -0.4 is 5.56 Å². The Morgan fingerprint density at radius 1 is 1.23 bits per heavy atom. The van der Waals surface area contributed by atoms with E-state index in [2.05, 4.69) is 6.92 Å². The summed E-state index contributed by atoms with van der Waals surface area (Å²) >= 11 is 5.85. The summed E-state index contributed by atoms with van der Waals surface area (Å²) in [6.07, 6.45) is 3.64. The molecule has 1 aromatic heterocycles. The van der Waals surface area contributed by atoms with Gasteiger partial charge in [0.25, 0.3) is 5.56 Å². The SMILES string of the molecule is CCCCCCn1c(O)c(C(=O)c2ccc(Cl)cc2)c(C)c(C#N)c1=O. The number of rotatable bonds is 7. The van der Waals surface area contributed by atoms with E-state index >= 15 is 0 Å². The summed E-state index contributed by atoms with van der Waals surface area (Å²) in [6, 6.07) is 8.12. The zero-order chi connectivity index (χ0) is 19.3. The molecule has 0 amide bonds. The molecular weight excluding hydrogens is 352 g/mol. The van der Waals surface area contributed by atoms with Gasteiger partial charge in [-0.05, 0) is 43.2 Å². The van der Waals surface area contributed by atoms with Crippen molar-refractivity contribution in [3.05, 3.63) is 61.9 Å². The van der Waals surface area contributed by atoms with Gasteiger partial charge in [0.15, 0.2) is 5.78 Å². The minimum Gasteiger partial charge on any atom is -0.494 e. The van der Waals surface area contributed by atoms with Crippen LogP contribution in [0.5, 0.6) is 5.88 Å². The van der Waals surface area contributed by atoms with Gasteiger partial charge in [-0.1, -0.05) is 37.8 Å². The van der Waals surface area contributed by atoms with Gasteiger partial charge in [-0.2, -0.15) is 5.26 Å². The fourth-order valence-corrected chi connectivity index (χ4v) is 3.00. The molecule has 136 valence electrons. The van der Waals surface area contributed by atoms with Crippen LogP contribution in [0.15, 0.2) is 29.1 Å². The molecule has 0 fully saturated rings. The van der Waals surface area contributed by atoms with Gasteiger partial charge in [0.2, 0.25) is 5.88 Å². The molecule has 0 aliphatic heterocycles. The lowest BCUT2D eigenvalue weighted by Gasteiger charge is -2.15. The number of aromatic hydroxyl groups is 1. The van der Waals surface area contributed by atoms with E-state index in [9.17, 15) is 20.0 Å². The number of hydrogen-bond acceptors (Lipinski definition) is 4. The minimum atomic E-state index is -0.563. The molecule has 6 heteroatoms. The van der Waals surface area contributed by atoms with E-state index in [0.717, 1.165) is 23.8 Å². The van der Waals surface area contributed by atoms with Crippen LogP contribution in [0, 0.1) is 18.3 Å². The Hall–Kier alpha value is -2.58. The number of pyridine rings is 1. The number of carbonyl (C=O) groups is 1. The summed E-state index contributed by atoms with van der Waals surface area (Å²) < 4.78 is 1.13. The first kappa shape index (κ1) is 19.7. The first-order valence-corrected chi connectivity index (χ1v) is 8.96. The van der Waals surface area contributed by atoms with Gasteiger partial charge in [-0.3, -0.25) is 14.2 Å². The van der Waals surface area contributed by atoms with E-state index in [4.69, 9.17) is 11.6 Å². The van der Waals surface area contributed by atoms with Crippen molar-refractivity contribution in [3.63, 3.8) is 0 Å². The standard InChI is InChI=1S/C20H21ClN2O3/c1-3-4-5-6-11-23-19(25)16(12-22)13(2)17(20(23)26)18(24)14-7-9-15(21)10-8-14/h7-10,26H,3-6,11H2,1-2H3. The smallest absolute Gasteiger partial charge is 0.271 e.